The second kappa shape index (κ2) is 7.99. The number of thiophene rings is 1. The molecule has 1 rings (SSSR count). The first-order valence-electron chi connectivity index (χ1n) is 6.67. The minimum Gasteiger partial charge on any atom is -0.315 e. The SMILES string of the molecule is CNCc1cc(S(=O)(=O)NCCCCC(C)C)cs1. The lowest BCUT2D eigenvalue weighted by Gasteiger charge is -2.06. The summed E-state index contributed by atoms with van der Waals surface area (Å²) in [5, 5.41) is 4.71. The first-order chi connectivity index (χ1) is 8.95. The van der Waals surface area contributed by atoms with Crippen molar-refractivity contribution in [2.75, 3.05) is 13.6 Å². The van der Waals surface area contributed by atoms with Crippen molar-refractivity contribution >= 4 is 21.4 Å². The molecule has 0 unspecified atom stereocenters. The van der Waals surface area contributed by atoms with Crippen LogP contribution in [0.3, 0.4) is 0 Å². The number of sulfonamides is 1. The van der Waals surface area contributed by atoms with Crippen LogP contribution in [-0.4, -0.2) is 22.0 Å². The van der Waals surface area contributed by atoms with Crippen molar-refractivity contribution in [3.63, 3.8) is 0 Å². The van der Waals surface area contributed by atoms with Crippen LogP contribution in [0.1, 0.15) is 38.0 Å². The minimum atomic E-state index is -3.33. The number of nitrogens with one attached hydrogen (secondary N) is 2. The quantitative estimate of drug-likeness (QED) is 0.689. The van der Waals surface area contributed by atoms with E-state index in [0.717, 1.165) is 24.1 Å². The van der Waals surface area contributed by atoms with E-state index >= 15 is 0 Å². The molecule has 0 spiro atoms. The Morgan fingerprint density at radius 1 is 1.32 bits per heavy atom. The Balaban J connectivity index is 2.42. The zero-order chi connectivity index (χ0) is 14.3. The molecule has 1 aromatic heterocycles. The molecule has 0 aliphatic heterocycles. The average Bonchev–Trinajstić information content (AvgIpc) is 2.78. The van der Waals surface area contributed by atoms with Gasteiger partial charge in [-0.1, -0.05) is 26.7 Å². The molecule has 0 aliphatic carbocycles. The molecule has 19 heavy (non-hydrogen) atoms. The Morgan fingerprint density at radius 3 is 2.68 bits per heavy atom. The van der Waals surface area contributed by atoms with Crippen molar-refractivity contribution in [1.29, 1.82) is 0 Å². The van der Waals surface area contributed by atoms with Crippen LogP contribution in [0.25, 0.3) is 0 Å². The van der Waals surface area contributed by atoms with E-state index in [-0.39, 0.29) is 0 Å². The van der Waals surface area contributed by atoms with Gasteiger partial charge in [-0.05, 0) is 25.5 Å². The van der Waals surface area contributed by atoms with Gasteiger partial charge in [-0.2, -0.15) is 0 Å². The highest BCUT2D eigenvalue weighted by Crippen LogP contribution is 2.19. The number of hydrogen-bond donors (Lipinski definition) is 2. The molecule has 2 N–H and O–H groups in total. The largest absolute Gasteiger partial charge is 0.315 e. The molecule has 0 amide bonds. The molecule has 0 atom stereocenters. The molecule has 0 saturated carbocycles. The molecular formula is C13H24N2O2S2. The lowest BCUT2D eigenvalue weighted by atomic mass is 10.1. The van der Waals surface area contributed by atoms with E-state index in [9.17, 15) is 8.42 Å². The summed E-state index contributed by atoms with van der Waals surface area (Å²) in [6.45, 7) is 5.58. The van der Waals surface area contributed by atoms with E-state index < -0.39 is 10.0 Å². The van der Waals surface area contributed by atoms with Crippen LogP contribution >= 0.6 is 11.3 Å². The molecule has 4 nitrogen and oxygen atoms in total. The maximum Gasteiger partial charge on any atom is 0.241 e. The second-order valence-corrected chi connectivity index (χ2v) is 7.83. The fourth-order valence-corrected chi connectivity index (χ4v) is 4.10. The van der Waals surface area contributed by atoms with Crippen LogP contribution in [-0.2, 0) is 16.6 Å². The molecule has 0 aromatic carbocycles. The number of rotatable bonds is 9. The van der Waals surface area contributed by atoms with Gasteiger partial charge >= 0.3 is 0 Å². The van der Waals surface area contributed by atoms with E-state index in [4.69, 9.17) is 0 Å². The summed E-state index contributed by atoms with van der Waals surface area (Å²) in [5.74, 6) is 0.678. The number of unbranched alkanes of at least 4 members (excludes halogenated alkanes) is 1. The van der Waals surface area contributed by atoms with E-state index in [1.165, 1.54) is 11.3 Å². The van der Waals surface area contributed by atoms with Crippen LogP contribution < -0.4 is 10.0 Å². The molecule has 1 heterocycles. The monoisotopic (exact) mass is 304 g/mol. The highest BCUT2D eigenvalue weighted by molar-refractivity contribution is 7.89. The van der Waals surface area contributed by atoms with Gasteiger partial charge in [-0.15, -0.1) is 11.3 Å². The van der Waals surface area contributed by atoms with Gasteiger partial charge in [0.05, 0.1) is 4.90 Å². The summed E-state index contributed by atoms with van der Waals surface area (Å²) in [4.78, 5) is 1.41. The molecular weight excluding hydrogens is 280 g/mol. The molecule has 0 radical (unpaired) electrons. The maximum absolute atomic E-state index is 12.0. The minimum absolute atomic E-state index is 0.381. The fourth-order valence-electron chi connectivity index (χ4n) is 1.74. The third kappa shape index (κ3) is 6.03. The topological polar surface area (TPSA) is 58.2 Å². The first kappa shape index (κ1) is 16.6. The van der Waals surface area contributed by atoms with Gasteiger partial charge in [0, 0.05) is 23.3 Å². The predicted octanol–water partition coefficient (Wildman–Crippen LogP) is 2.57. The van der Waals surface area contributed by atoms with Crippen molar-refractivity contribution in [3.8, 4) is 0 Å². The van der Waals surface area contributed by atoms with Gasteiger partial charge in [-0.25, -0.2) is 13.1 Å². The third-order valence-electron chi connectivity index (χ3n) is 2.79. The Bertz CT molecular complexity index is 467. The van der Waals surface area contributed by atoms with Crippen LogP contribution in [0, 0.1) is 5.92 Å². The average molecular weight is 304 g/mol. The van der Waals surface area contributed by atoms with Gasteiger partial charge < -0.3 is 5.32 Å². The summed E-state index contributed by atoms with van der Waals surface area (Å²) in [6, 6.07) is 1.73. The van der Waals surface area contributed by atoms with Crippen molar-refractivity contribution in [1.82, 2.24) is 10.0 Å². The van der Waals surface area contributed by atoms with Crippen molar-refractivity contribution in [2.45, 2.75) is 44.6 Å². The Hall–Kier alpha value is -0.430. The van der Waals surface area contributed by atoms with Crippen LogP contribution in [0.15, 0.2) is 16.3 Å². The smallest absolute Gasteiger partial charge is 0.241 e. The van der Waals surface area contributed by atoms with Crippen LogP contribution in [0.5, 0.6) is 0 Å². The Labute approximate surface area is 120 Å². The maximum atomic E-state index is 12.0. The zero-order valence-electron chi connectivity index (χ0n) is 11.9. The van der Waals surface area contributed by atoms with Gasteiger partial charge in [0.2, 0.25) is 10.0 Å². The van der Waals surface area contributed by atoms with Crippen LogP contribution in [0.2, 0.25) is 0 Å². The van der Waals surface area contributed by atoms with E-state index in [2.05, 4.69) is 23.9 Å². The van der Waals surface area contributed by atoms with E-state index in [1.54, 1.807) is 11.4 Å². The summed E-state index contributed by atoms with van der Waals surface area (Å²) in [5.41, 5.74) is 0. The van der Waals surface area contributed by atoms with Crippen LogP contribution in [0.4, 0.5) is 0 Å². The lowest BCUT2D eigenvalue weighted by Crippen LogP contribution is -2.24. The van der Waals surface area contributed by atoms with E-state index in [1.807, 2.05) is 7.05 Å². The standard InChI is InChI=1S/C13H24N2O2S2/c1-11(2)6-4-5-7-15-19(16,17)13-8-12(9-14-3)18-10-13/h8,10-11,14-15H,4-7,9H2,1-3H3. The normalized spacial score (nSPS) is 12.2. The highest BCUT2D eigenvalue weighted by atomic mass is 32.2. The molecule has 0 saturated heterocycles. The zero-order valence-corrected chi connectivity index (χ0v) is 13.5. The molecule has 6 heteroatoms. The lowest BCUT2D eigenvalue weighted by molar-refractivity contribution is 0.530. The van der Waals surface area contributed by atoms with Gasteiger partial charge in [0.1, 0.15) is 0 Å². The number of hydrogen-bond acceptors (Lipinski definition) is 4. The molecule has 0 fully saturated rings. The molecule has 110 valence electrons. The van der Waals surface area contributed by atoms with Crippen molar-refractivity contribution in [3.05, 3.63) is 16.3 Å². The highest BCUT2D eigenvalue weighted by Gasteiger charge is 2.15. The first-order valence-corrected chi connectivity index (χ1v) is 9.03. The Morgan fingerprint density at radius 2 is 2.05 bits per heavy atom. The Kier molecular flexibility index (Phi) is 6.99. The predicted molar refractivity (Wildman–Crippen MR) is 81.0 cm³/mol. The summed E-state index contributed by atoms with van der Waals surface area (Å²) >= 11 is 1.47. The van der Waals surface area contributed by atoms with Gasteiger partial charge in [0.25, 0.3) is 0 Å². The van der Waals surface area contributed by atoms with Gasteiger partial charge in [0.15, 0.2) is 0 Å². The van der Waals surface area contributed by atoms with Crippen molar-refractivity contribution < 1.29 is 8.42 Å². The second-order valence-electron chi connectivity index (χ2n) is 5.07. The van der Waals surface area contributed by atoms with Gasteiger partial charge in [-0.3, -0.25) is 0 Å². The summed E-state index contributed by atoms with van der Waals surface area (Å²) < 4.78 is 26.7. The molecule has 1 aromatic rings. The third-order valence-corrected chi connectivity index (χ3v) is 5.32. The summed E-state index contributed by atoms with van der Waals surface area (Å²) in [6.07, 6.45) is 3.10. The summed E-state index contributed by atoms with van der Waals surface area (Å²) in [7, 11) is -1.48. The fraction of sp³-hybridized carbons (Fsp3) is 0.692. The van der Waals surface area contributed by atoms with E-state index in [0.29, 0.717) is 23.9 Å². The van der Waals surface area contributed by atoms with Crippen molar-refractivity contribution in [2.24, 2.45) is 5.92 Å². The molecule has 0 bridgehead atoms. The molecule has 0 aliphatic rings.